The first kappa shape index (κ1) is 32.5. The summed E-state index contributed by atoms with van der Waals surface area (Å²) in [6.45, 7) is 12.7. The van der Waals surface area contributed by atoms with Crippen molar-refractivity contribution in [3.63, 3.8) is 0 Å². The van der Waals surface area contributed by atoms with Crippen molar-refractivity contribution in [1.29, 1.82) is 0 Å². The van der Waals surface area contributed by atoms with Gasteiger partial charge in [-0.3, -0.25) is 19.4 Å². The first-order chi connectivity index (χ1) is 21.9. The lowest BCUT2D eigenvalue weighted by atomic mass is 10.1. The van der Waals surface area contributed by atoms with Gasteiger partial charge in [0.2, 0.25) is 0 Å². The smallest absolute Gasteiger partial charge is 0.264 e. The molecule has 0 radical (unpaired) electrons. The molecule has 0 aromatic heterocycles. The highest BCUT2D eigenvalue weighted by Crippen LogP contribution is 2.28. The highest BCUT2D eigenvalue weighted by atomic mass is 16.5. The van der Waals surface area contributed by atoms with E-state index >= 15 is 0 Å². The number of amides is 2. The van der Waals surface area contributed by atoms with E-state index in [0.717, 1.165) is 56.0 Å². The number of hydrogen-bond donors (Lipinski definition) is 0. The van der Waals surface area contributed by atoms with Crippen molar-refractivity contribution in [3.8, 4) is 11.5 Å². The van der Waals surface area contributed by atoms with Gasteiger partial charge in [0.25, 0.3) is 11.8 Å². The van der Waals surface area contributed by atoms with Crippen LogP contribution in [-0.4, -0.2) is 85.0 Å². The number of carbonyl (C=O) groups is 2. The van der Waals surface area contributed by atoms with E-state index in [1.807, 2.05) is 77.4 Å². The first-order valence-corrected chi connectivity index (χ1v) is 16.4. The molecule has 0 N–H and O–H groups in total. The molecule has 0 spiro atoms. The zero-order valence-corrected chi connectivity index (χ0v) is 27.1. The van der Waals surface area contributed by atoms with Crippen LogP contribution in [0.3, 0.4) is 0 Å². The predicted molar refractivity (Wildman–Crippen MR) is 179 cm³/mol. The van der Waals surface area contributed by atoms with E-state index in [0.29, 0.717) is 37.2 Å². The summed E-state index contributed by atoms with van der Waals surface area (Å²) in [4.78, 5) is 36.1. The Balaban J connectivity index is 1.32. The predicted octanol–water partition coefficient (Wildman–Crippen LogP) is 5.52. The van der Waals surface area contributed by atoms with Gasteiger partial charge in [0.1, 0.15) is 11.5 Å². The molecule has 5 rings (SSSR count). The number of para-hydroxylation sites is 2. The molecule has 2 aliphatic heterocycles. The molecular formula is C37H48N4O4. The van der Waals surface area contributed by atoms with Gasteiger partial charge < -0.3 is 19.3 Å². The molecule has 2 amide bonds. The SMILES string of the molecule is Cc1cccc2c1N(C(=O)COc1ccccc1)CCCN(C(C)C)CCN(C(=O)COc1ccc(CN3CCCC3)cc1)C2. The van der Waals surface area contributed by atoms with Crippen LogP contribution in [0.1, 0.15) is 49.8 Å². The minimum Gasteiger partial charge on any atom is -0.484 e. The Morgan fingerprint density at radius 3 is 2.11 bits per heavy atom. The molecule has 0 aliphatic carbocycles. The van der Waals surface area contributed by atoms with Gasteiger partial charge in [0.15, 0.2) is 13.2 Å². The van der Waals surface area contributed by atoms with E-state index < -0.39 is 0 Å². The molecule has 1 fully saturated rings. The lowest BCUT2D eigenvalue weighted by Crippen LogP contribution is -2.42. The van der Waals surface area contributed by atoms with Crippen LogP contribution in [0.15, 0.2) is 72.8 Å². The van der Waals surface area contributed by atoms with Crippen molar-refractivity contribution in [3.05, 3.63) is 89.5 Å². The van der Waals surface area contributed by atoms with Gasteiger partial charge in [-0.15, -0.1) is 0 Å². The normalized spacial score (nSPS) is 16.7. The summed E-state index contributed by atoms with van der Waals surface area (Å²) in [6.07, 6.45) is 3.36. The molecule has 3 aromatic rings. The molecule has 0 unspecified atom stereocenters. The summed E-state index contributed by atoms with van der Waals surface area (Å²) in [6, 6.07) is 23.9. The van der Waals surface area contributed by atoms with Crippen molar-refractivity contribution in [1.82, 2.24) is 14.7 Å². The Labute approximate surface area is 268 Å². The van der Waals surface area contributed by atoms with E-state index in [-0.39, 0.29) is 25.0 Å². The third kappa shape index (κ3) is 9.08. The Hall–Kier alpha value is -3.88. The van der Waals surface area contributed by atoms with Gasteiger partial charge in [-0.05, 0) is 94.1 Å². The number of rotatable bonds is 9. The van der Waals surface area contributed by atoms with Crippen molar-refractivity contribution in [2.24, 2.45) is 0 Å². The van der Waals surface area contributed by atoms with Gasteiger partial charge in [-0.25, -0.2) is 0 Å². The van der Waals surface area contributed by atoms with Crippen LogP contribution in [0.2, 0.25) is 0 Å². The van der Waals surface area contributed by atoms with Gasteiger partial charge >= 0.3 is 0 Å². The average molecular weight is 613 g/mol. The largest absolute Gasteiger partial charge is 0.484 e. The minimum atomic E-state index is -0.0980. The summed E-state index contributed by atoms with van der Waals surface area (Å²) in [7, 11) is 0. The molecular weight excluding hydrogens is 564 g/mol. The van der Waals surface area contributed by atoms with Crippen LogP contribution in [-0.2, 0) is 22.7 Å². The number of ether oxygens (including phenoxy) is 2. The molecule has 0 bridgehead atoms. The fraction of sp³-hybridized carbons (Fsp3) is 0.459. The second-order valence-corrected chi connectivity index (χ2v) is 12.4. The quantitative estimate of drug-likeness (QED) is 0.317. The van der Waals surface area contributed by atoms with Crippen LogP contribution in [0.25, 0.3) is 0 Å². The van der Waals surface area contributed by atoms with Crippen molar-refractivity contribution >= 4 is 17.5 Å². The molecule has 45 heavy (non-hydrogen) atoms. The second-order valence-electron chi connectivity index (χ2n) is 12.4. The zero-order chi connectivity index (χ0) is 31.6. The monoisotopic (exact) mass is 612 g/mol. The van der Waals surface area contributed by atoms with Crippen molar-refractivity contribution in [2.45, 2.75) is 59.2 Å². The third-order valence-electron chi connectivity index (χ3n) is 8.82. The van der Waals surface area contributed by atoms with Crippen LogP contribution < -0.4 is 14.4 Å². The van der Waals surface area contributed by atoms with Crippen molar-refractivity contribution in [2.75, 3.05) is 57.4 Å². The number of carbonyl (C=O) groups excluding carboxylic acids is 2. The van der Waals surface area contributed by atoms with Gasteiger partial charge in [-0.1, -0.05) is 48.5 Å². The Bertz CT molecular complexity index is 1390. The zero-order valence-electron chi connectivity index (χ0n) is 27.1. The maximum Gasteiger partial charge on any atom is 0.264 e. The summed E-state index contributed by atoms with van der Waals surface area (Å²) < 4.78 is 11.9. The number of benzene rings is 3. The molecule has 8 heteroatoms. The van der Waals surface area contributed by atoms with Crippen molar-refractivity contribution < 1.29 is 19.1 Å². The van der Waals surface area contributed by atoms with Gasteiger partial charge in [0, 0.05) is 45.3 Å². The van der Waals surface area contributed by atoms with Gasteiger partial charge in [-0.2, -0.15) is 0 Å². The van der Waals surface area contributed by atoms with Crippen LogP contribution in [0.5, 0.6) is 11.5 Å². The maximum absolute atomic E-state index is 13.7. The van der Waals surface area contributed by atoms with Crippen LogP contribution in [0.4, 0.5) is 5.69 Å². The Morgan fingerprint density at radius 1 is 0.711 bits per heavy atom. The summed E-state index contributed by atoms with van der Waals surface area (Å²) in [5, 5.41) is 0. The number of hydrogen-bond acceptors (Lipinski definition) is 6. The highest BCUT2D eigenvalue weighted by molar-refractivity contribution is 5.96. The summed E-state index contributed by atoms with van der Waals surface area (Å²) in [5.41, 5.74) is 4.07. The lowest BCUT2D eigenvalue weighted by Gasteiger charge is -2.30. The van der Waals surface area contributed by atoms with E-state index in [1.165, 1.54) is 18.4 Å². The lowest BCUT2D eigenvalue weighted by molar-refractivity contribution is -0.134. The van der Waals surface area contributed by atoms with E-state index in [1.54, 1.807) is 0 Å². The molecule has 1 saturated heterocycles. The molecule has 2 heterocycles. The molecule has 2 aliphatic rings. The fourth-order valence-corrected chi connectivity index (χ4v) is 6.27. The number of fused-ring (bicyclic) bond motifs is 1. The van der Waals surface area contributed by atoms with E-state index in [4.69, 9.17) is 9.47 Å². The second kappa shape index (κ2) is 15.9. The summed E-state index contributed by atoms with van der Waals surface area (Å²) >= 11 is 0. The fourth-order valence-electron chi connectivity index (χ4n) is 6.27. The maximum atomic E-state index is 13.7. The van der Waals surface area contributed by atoms with Crippen LogP contribution >= 0.6 is 0 Å². The number of nitrogens with zero attached hydrogens (tertiary/aromatic N) is 4. The number of aryl methyl sites for hydroxylation is 1. The molecule has 3 aromatic carbocycles. The molecule has 0 saturated carbocycles. The standard InChI is InChI=1S/C37H48N4O4/c1-29(2)39-21-10-22-41(36(43)28-45-33-13-5-4-6-14-33)37-30(3)11-9-12-32(37)26-40(24-23-39)35(42)27-44-34-17-15-31(16-18-34)25-38-19-7-8-20-38/h4-6,9,11-18,29H,7-8,10,19-28H2,1-3H3. The number of anilines is 1. The summed E-state index contributed by atoms with van der Waals surface area (Å²) in [5.74, 6) is 1.19. The molecule has 8 nitrogen and oxygen atoms in total. The first-order valence-electron chi connectivity index (χ1n) is 16.4. The molecule has 240 valence electrons. The topological polar surface area (TPSA) is 65.6 Å². The van der Waals surface area contributed by atoms with Gasteiger partial charge in [0.05, 0.1) is 5.69 Å². The van der Waals surface area contributed by atoms with E-state index in [2.05, 4.69) is 35.8 Å². The minimum absolute atomic E-state index is 0.0398. The highest BCUT2D eigenvalue weighted by Gasteiger charge is 2.26. The Kier molecular flexibility index (Phi) is 11.5. The average Bonchev–Trinajstić information content (AvgIpc) is 3.55. The number of likely N-dealkylation sites (tertiary alicyclic amines) is 1. The third-order valence-corrected chi connectivity index (χ3v) is 8.82. The van der Waals surface area contributed by atoms with Crippen LogP contribution in [0, 0.1) is 6.92 Å². The van der Waals surface area contributed by atoms with E-state index in [9.17, 15) is 9.59 Å². The Morgan fingerprint density at radius 2 is 1.40 bits per heavy atom. The molecule has 0 atom stereocenters.